The number of hydrogen-bond donors (Lipinski definition) is 0. The first-order valence-electron chi connectivity index (χ1n) is 9.19. The number of halogens is 1. The maximum Gasteiger partial charge on any atom is 0.311 e. The van der Waals surface area contributed by atoms with Crippen LogP contribution in [0.1, 0.15) is 57.8 Å². The molecule has 27 heavy (non-hydrogen) atoms. The Morgan fingerprint density at radius 2 is 1.48 bits per heavy atom. The van der Waals surface area contributed by atoms with Gasteiger partial charge in [0, 0.05) is 30.9 Å². The molecule has 7 nitrogen and oxygen atoms in total. The SMILES string of the molecule is O=C(CCCC(=O)Oc1ccc([N+](=O)[O-])cc1)OCCCCCCCCCl. The molecule has 0 atom stereocenters. The van der Waals surface area contributed by atoms with E-state index >= 15 is 0 Å². The highest BCUT2D eigenvalue weighted by atomic mass is 35.5. The molecule has 0 bridgehead atoms. The third kappa shape index (κ3) is 11.2. The van der Waals surface area contributed by atoms with Crippen LogP contribution in [0.5, 0.6) is 5.75 Å². The van der Waals surface area contributed by atoms with Crippen LogP contribution in [0.25, 0.3) is 0 Å². The first-order chi connectivity index (χ1) is 13.0. The minimum Gasteiger partial charge on any atom is -0.466 e. The fraction of sp³-hybridized carbons (Fsp3) is 0.579. The van der Waals surface area contributed by atoms with Gasteiger partial charge in [-0.05, 0) is 31.4 Å². The number of hydrogen-bond acceptors (Lipinski definition) is 6. The number of ether oxygens (including phenoxy) is 2. The molecule has 0 unspecified atom stereocenters. The summed E-state index contributed by atoms with van der Waals surface area (Å²) in [6.07, 6.45) is 6.88. The predicted molar refractivity (Wildman–Crippen MR) is 102 cm³/mol. The number of rotatable bonds is 14. The van der Waals surface area contributed by atoms with E-state index in [1.165, 1.54) is 24.3 Å². The Morgan fingerprint density at radius 1 is 0.889 bits per heavy atom. The van der Waals surface area contributed by atoms with Crippen LogP contribution < -0.4 is 4.74 Å². The van der Waals surface area contributed by atoms with Gasteiger partial charge in [0.1, 0.15) is 5.75 Å². The molecule has 8 heteroatoms. The summed E-state index contributed by atoms with van der Waals surface area (Å²) >= 11 is 5.61. The molecule has 1 aromatic carbocycles. The number of nitrogens with zero attached hydrogens (tertiary/aromatic N) is 1. The maximum atomic E-state index is 11.7. The third-order valence-corrected chi connectivity index (χ3v) is 4.10. The zero-order valence-electron chi connectivity index (χ0n) is 15.4. The number of nitro benzene ring substituents is 1. The van der Waals surface area contributed by atoms with E-state index in [2.05, 4.69) is 0 Å². The molecule has 0 aliphatic heterocycles. The summed E-state index contributed by atoms with van der Waals surface area (Å²) < 4.78 is 10.2. The van der Waals surface area contributed by atoms with Gasteiger partial charge in [0.25, 0.3) is 5.69 Å². The second kappa shape index (κ2) is 14.0. The molecule has 0 aliphatic rings. The van der Waals surface area contributed by atoms with Crippen LogP contribution in [0.15, 0.2) is 24.3 Å². The van der Waals surface area contributed by atoms with Crippen LogP contribution in [0.3, 0.4) is 0 Å². The van der Waals surface area contributed by atoms with Crippen LogP contribution in [0, 0.1) is 10.1 Å². The van der Waals surface area contributed by atoms with Gasteiger partial charge in [-0.1, -0.05) is 25.7 Å². The van der Waals surface area contributed by atoms with E-state index in [1.54, 1.807) is 0 Å². The first kappa shape index (κ1) is 22.9. The van der Waals surface area contributed by atoms with Crippen molar-refractivity contribution in [3.63, 3.8) is 0 Å². The van der Waals surface area contributed by atoms with Crippen molar-refractivity contribution >= 4 is 29.2 Å². The summed E-state index contributed by atoms with van der Waals surface area (Å²) in [6, 6.07) is 5.25. The molecule has 0 spiro atoms. The van der Waals surface area contributed by atoms with Crippen molar-refractivity contribution in [1.82, 2.24) is 0 Å². The van der Waals surface area contributed by atoms with E-state index < -0.39 is 10.9 Å². The molecule has 0 aromatic heterocycles. The van der Waals surface area contributed by atoms with Crippen LogP contribution in [0.4, 0.5) is 5.69 Å². The standard InChI is InChI=1S/C19H26ClNO6/c20-14-5-3-1-2-4-6-15-26-18(22)8-7-9-19(23)27-17-12-10-16(11-13-17)21(24)25/h10-13H,1-9,14-15H2. The normalized spacial score (nSPS) is 10.4. The van der Waals surface area contributed by atoms with Crippen LogP contribution in [-0.2, 0) is 14.3 Å². The third-order valence-electron chi connectivity index (χ3n) is 3.83. The summed E-state index contributed by atoms with van der Waals surface area (Å²) in [5.41, 5.74) is -0.0761. The van der Waals surface area contributed by atoms with Gasteiger partial charge in [0.15, 0.2) is 0 Å². The van der Waals surface area contributed by atoms with E-state index in [9.17, 15) is 19.7 Å². The first-order valence-corrected chi connectivity index (χ1v) is 9.73. The predicted octanol–water partition coefficient (Wildman–Crippen LogP) is 4.79. The number of alkyl halides is 1. The van der Waals surface area contributed by atoms with Crippen molar-refractivity contribution in [2.75, 3.05) is 12.5 Å². The number of esters is 2. The quantitative estimate of drug-likeness (QED) is 0.111. The molecular formula is C19H26ClNO6. The van der Waals surface area contributed by atoms with Crippen molar-refractivity contribution in [1.29, 1.82) is 0 Å². The fourth-order valence-electron chi connectivity index (χ4n) is 2.36. The lowest BCUT2D eigenvalue weighted by atomic mass is 10.1. The van der Waals surface area contributed by atoms with Crippen molar-refractivity contribution in [3.05, 3.63) is 34.4 Å². The van der Waals surface area contributed by atoms with Crippen LogP contribution in [-0.4, -0.2) is 29.3 Å². The van der Waals surface area contributed by atoms with E-state index in [1.807, 2.05) is 0 Å². The highest BCUT2D eigenvalue weighted by Crippen LogP contribution is 2.18. The molecule has 0 heterocycles. The molecule has 1 rings (SSSR count). The number of unbranched alkanes of at least 4 members (excludes halogenated alkanes) is 5. The van der Waals surface area contributed by atoms with Gasteiger partial charge in [-0.2, -0.15) is 0 Å². The van der Waals surface area contributed by atoms with Crippen LogP contribution >= 0.6 is 11.6 Å². The van der Waals surface area contributed by atoms with Crippen molar-refractivity contribution in [2.24, 2.45) is 0 Å². The van der Waals surface area contributed by atoms with Crippen molar-refractivity contribution in [2.45, 2.75) is 57.8 Å². The Balaban J connectivity index is 2.06. The van der Waals surface area contributed by atoms with Gasteiger partial charge in [-0.3, -0.25) is 19.7 Å². The Hall–Kier alpha value is -2.15. The van der Waals surface area contributed by atoms with Gasteiger partial charge in [-0.25, -0.2) is 0 Å². The number of benzene rings is 1. The number of carbonyl (C=O) groups excluding carboxylic acids is 2. The minimum absolute atomic E-state index is 0.0761. The molecular weight excluding hydrogens is 374 g/mol. The minimum atomic E-state index is -0.529. The van der Waals surface area contributed by atoms with E-state index in [4.69, 9.17) is 21.1 Å². The Morgan fingerprint density at radius 3 is 2.11 bits per heavy atom. The lowest BCUT2D eigenvalue weighted by Gasteiger charge is -2.06. The second-order valence-electron chi connectivity index (χ2n) is 6.11. The van der Waals surface area contributed by atoms with E-state index in [-0.39, 0.29) is 30.2 Å². The average molecular weight is 400 g/mol. The van der Waals surface area contributed by atoms with Crippen molar-refractivity contribution in [3.8, 4) is 5.75 Å². The van der Waals surface area contributed by atoms with Crippen molar-refractivity contribution < 1.29 is 24.0 Å². The van der Waals surface area contributed by atoms with Gasteiger partial charge in [0.05, 0.1) is 11.5 Å². The lowest BCUT2D eigenvalue weighted by Crippen LogP contribution is -2.10. The lowest BCUT2D eigenvalue weighted by molar-refractivity contribution is -0.384. The fourth-order valence-corrected chi connectivity index (χ4v) is 2.55. The molecule has 0 radical (unpaired) electrons. The molecule has 0 amide bonds. The highest BCUT2D eigenvalue weighted by Gasteiger charge is 2.10. The highest BCUT2D eigenvalue weighted by molar-refractivity contribution is 6.17. The van der Waals surface area contributed by atoms with Gasteiger partial charge >= 0.3 is 11.9 Å². The number of nitro groups is 1. The van der Waals surface area contributed by atoms with Gasteiger partial charge in [-0.15, -0.1) is 11.6 Å². The molecule has 1 aromatic rings. The van der Waals surface area contributed by atoms with Crippen LogP contribution in [0.2, 0.25) is 0 Å². The molecule has 0 saturated heterocycles. The zero-order valence-corrected chi connectivity index (χ0v) is 16.1. The summed E-state index contributed by atoms with van der Waals surface area (Å²) in [4.78, 5) is 33.3. The number of non-ortho nitro benzene ring substituents is 1. The van der Waals surface area contributed by atoms with Gasteiger partial charge in [0.2, 0.25) is 0 Å². The van der Waals surface area contributed by atoms with E-state index in [0.29, 0.717) is 18.9 Å². The zero-order chi connectivity index (χ0) is 19.9. The molecule has 0 fully saturated rings. The summed E-state index contributed by atoms with van der Waals surface area (Å²) in [5, 5.41) is 10.6. The molecule has 0 N–H and O–H groups in total. The maximum absolute atomic E-state index is 11.7. The summed E-state index contributed by atoms with van der Waals surface area (Å²) in [7, 11) is 0. The summed E-state index contributed by atoms with van der Waals surface area (Å²) in [6.45, 7) is 0.404. The molecule has 0 saturated carbocycles. The largest absolute Gasteiger partial charge is 0.466 e. The Labute approximate surface area is 164 Å². The molecule has 150 valence electrons. The van der Waals surface area contributed by atoms with Gasteiger partial charge < -0.3 is 9.47 Å². The Bertz CT molecular complexity index is 590. The number of carbonyl (C=O) groups is 2. The Kier molecular flexibility index (Phi) is 11.8. The second-order valence-corrected chi connectivity index (χ2v) is 6.49. The summed E-state index contributed by atoms with van der Waals surface area (Å²) in [5.74, 6) is 0.132. The monoisotopic (exact) mass is 399 g/mol. The molecule has 0 aliphatic carbocycles. The average Bonchev–Trinajstić information content (AvgIpc) is 2.64. The topological polar surface area (TPSA) is 95.7 Å². The van der Waals surface area contributed by atoms with E-state index in [0.717, 1.165) is 38.5 Å². The smallest absolute Gasteiger partial charge is 0.311 e.